The highest BCUT2D eigenvalue weighted by molar-refractivity contribution is 7.99. The lowest BCUT2D eigenvalue weighted by atomic mass is 10.1. The number of carbonyl (C=O) groups is 1. The monoisotopic (exact) mass is 305 g/mol. The van der Waals surface area contributed by atoms with Gasteiger partial charge >= 0.3 is 0 Å². The predicted octanol–water partition coefficient (Wildman–Crippen LogP) is 1.91. The van der Waals surface area contributed by atoms with E-state index < -0.39 is 0 Å². The molecule has 1 N–H and O–H groups in total. The van der Waals surface area contributed by atoms with Gasteiger partial charge in [-0.1, -0.05) is 18.2 Å². The van der Waals surface area contributed by atoms with Crippen molar-refractivity contribution in [3.8, 4) is 0 Å². The molecule has 1 aromatic rings. The van der Waals surface area contributed by atoms with E-state index in [4.69, 9.17) is 0 Å². The molecule has 2 heterocycles. The Morgan fingerprint density at radius 3 is 2.86 bits per heavy atom. The number of carbonyl (C=O) groups excluding carboxylic acids is 1. The molecule has 3 rings (SSSR count). The molecule has 114 valence electrons. The van der Waals surface area contributed by atoms with Gasteiger partial charge in [0.1, 0.15) is 0 Å². The number of nitrogens with one attached hydrogen (secondary N) is 1. The van der Waals surface area contributed by atoms with Crippen molar-refractivity contribution in [3.05, 3.63) is 29.8 Å². The van der Waals surface area contributed by atoms with Crippen molar-refractivity contribution in [3.63, 3.8) is 0 Å². The van der Waals surface area contributed by atoms with Crippen LogP contribution in [-0.4, -0.2) is 48.6 Å². The molecule has 4 nitrogen and oxygen atoms in total. The van der Waals surface area contributed by atoms with E-state index in [9.17, 15) is 4.79 Å². The number of para-hydroxylation sites is 1. The zero-order valence-electron chi connectivity index (χ0n) is 12.5. The Morgan fingerprint density at radius 1 is 1.38 bits per heavy atom. The van der Waals surface area contributed by atoms with E-state index in [2.05, 4.69) is 34.5 Å². The average molecular weight is 305 g/mol. The van der Waals surface area contributed by atoms with Crippen LogP contribution in [0, 0.1) is 0 Å². The van der Waals surface area contributed by atoms with E-state index in [1.807, 2.05) is 11.9 Å². The third-order valence-corrected chi connectivity index (χ3v) is 5.18. The molecule has 1 atom stereocenters. The van der Waals surface area contributed by atoms with Crippen LogP contribution in [0.2, 0.25) is 0 Å². The second-order valence-corrected chi connectivity index (χ2v) is 6.82. The highest BCUT2D eigenvalue weighted by Gasteiger charge is 2.26. The SMILES string of the molecule is CN(Cc1ccccc1N1CCCC1)C(=O)[C@@H]1CSCN1. The zero-order chi connectivity index (χ0) is 14.7. The molecule has 0 aromatic heterocycles. The van der Waals surface area contributed by atoms with Crippen LogP contribution in [0.3, 0.4) is 0 Å². The van der Waals surface area contributed by atoms with Crippen molar-refractivity contribution in [1.29, 1.82) is 0 Å². The Kier molecular flexibility index (Phi) is 4.70. The minimum absolute atomic E-state index is 0.0149. The van der Waals surface area contributed by atoms with Crippen LogP contribution in [0.4, 0.5) is 5.69 Å². The number of amides is 1. The van der Waals surface area contributed by atoms with Gasteiger partial charge in [-0.2, -0.15) is 0 Å². The number of hydrogen-bond donors (Lipinski definition) is 1. The summed E-state index contributed by atoms with van der Waals surface area (Å²) in [6.45, 7) is 2.96. The molecule has 1 aromatic carbocycles. The van der Waals surface area contributed by atoms with Crippen molar-refractivity contribution >= 4 is 23.4 Å². The van der Waals surface area contributed by atoms with Gasteiger partial charge in [-0.15, -0.1) is 11.8 Å². The van der Waals surface area contributed by atoms with Gasteiger partial charge in [0.25, 0.3) is 0 Å². The Balaban J connectivity index is 1.70. The molecule has 0 bridgehead atoms. The number of likely N-dealkylation sites (N-methyl/N-ethyl adjacent to an activating group) is 1. The van der Waals surface area contributed by atoms with Gasteiger partial charge in [0.15, 0.2) is 0 Å². The highest BCUT2D eigenvalue weighted by atomic mass is 32.2. The molecule has 0 spiro atoms. The molecular formula is C16H23N3OS. The van der Waals surface area contributed by atoms with Gasteiger partial charge in [-0.05, 0) is 24.5 Å². The normalized spacial score (nSPS) is 21.8. The highest BCUT2D eigenvalue weighted by Crippen LogP contribution is 2.25. The fourth-order valence-corrected chi connectivity index (χ4v) is 4.00. The maximum Gasteiger partial charge on any atom is 0.240 e. The first kappa shape index (κ1) is 14.7. The summed E-state index contributed by atoms with van der Waals surface area (Å²) in [7, 11) is 1.91. The molecular weight excluding hydrogens is 282 g/mol. The number of benzene rings is 1. The summed E-state index contributed by atoms with van der Waals surface area (Å²) in [5.41, 5.74) is 2.55. The molecule has 0 radical (unpaired) electrons. The number of thioether (sulfide) groups is 1. The van der Waals surface area contributed by atoms with Crippen LogP contribution in [-0.2, 0) is 11.3 Å². The fraction of sp³-hybridized carbons (Fsp3) is 0.562. The smallest absolute Gasteiger partial charge is 0.240 e. The Labute approximate surface area is 130 Å². The molecule has 1 amide bonds. The summed E-state index contributed by atoms with van der Waals surface area (Å²) in [4.78, 5) is 16.7. The Morgan fingerprint density at radius 2 is 2.14 bits per heavy atom. The summed E-state index contributed by atoms with van der Waals surface area (Å²) in [5, 5.41) is 3.25. The zero-order valence-corrected chi connectivity index (χ0v) is 13.4. The average Bonchev–Trinajstić information content (AvgIpc) is 3.20. The minimum atomic E-state index is -0.0149. The van der Waals surface area contributed by atoms with E-state index >= 15 is 0 Å². The van der Waals surface area contributed by atoms with Crippen LogP contribution in [0.5, 0.6) is 0 Å². The minimum Gasteiger partial charge on any atom is -0.371 e. The predicted molar refractivity (Wildman–Crippen MR) is 88.6 cm³/mol. The fourth-order valence-electron chi connectivity index (χ4n) is 3.06. The van der Waals surface area contributed by atoms with Gasteiger partial charge in [0.2, 0.25) is 5.91 Å². The number of rotatable bonds is 4. The van der Waals surface area contributed by atoms with E-state index in [-0.39, 0.29) is 11.9 Å². The molecule has 2 fully saturated rings. The molecule has 0 unspecified atom stereocenters. The summed E-state index contributed by atoms with van der Waals surface area (Å²) in [5.74, 6) is 1.97. The Hall–Kier alpha value is -1.20. The summed E-state index contributed by atoms with van der Waals surface area (Å²) >= 11 is 1.79. The van der Waals surface area contributed by atoms with Crippen molar-refractivity contribution < 1.29 is 4.79 Å². The second kappa shape index (κ2) is 6.71. The maximum atomic E-state index is 12.4. The maximum absolute atomic E-state index is 12.4. The molecule has 2 saturated heterocycles. The van der Waals surface area contributed by atoms with E-state index in [1.165, 1.54) is 24.1 Å². The molecule has 21 heavy (non-hydrogen) atoms. The third kappa shape index (κ3) is 3.35. The van der Waals surface area contributed by atoms with Crippen molar-refractivity contribution in [2.24, 2.45) is 0 Å². The van der Waals surface area contributed by atoms with Gasteiger partial charge in [-0.25, -0.2) is 0 Å². The van der Waals surface area contributed by atoms with Gasteiger partial charge < -0.3 is 9.80 Å². The molecule has 0 aliphatic carbocycles. The lowest BCUT2D eigenvalue weighted by Crippen LogP contribution is -2.42. The topological polar surface area (TPSA) is 35.6 Å². The van der Waals surface area contributed by atoms with E-state index in [1.54, 1.807) is 11.8 Å². The van der Waals surface area contributed by atoms with Gasteiger partial charge in [-0.3, -0.25) is 10.1 Å². The lowest BCUT2D eigenvalue weighted by molar-refractivity contribution is -0.131. The first-order chi connectivity index (χ1) is 10.3. The molecule has 0 saturated carbocycles. The lowest BCUT2D eigenvalue weighted by Gasteiger charge is -2.25. The van der Waals surface area contributed by atoms with Crippen LogP contribution in [0.25, 0.3) is 0 Å². The third-order valence-electron chi connectivity index (χ3n) is 4.24. The van der Waals surface area contributed by atoms with Crippen LogP contribution < -0.4 is 10.2 Å². The van der Waals surface area contributed by atoms with Crippen molar-refractivity contribution in [1.82, 2.24) is 10.2 Å². The number of nitrogens with zero attached hydrogens (tertiary/aromatic N) is 2. The van der Waals surface area contributed by atoms with Crippen LogP contribution in [0.1, 0.15) is 18.4 Å². The molecule has 2 aliphatic rings. The van der Waals surface area contributed by atoms with Crippen LogP contribution in [0.15, 0.2) is 24.3 Å². The summed E-state index contributed by atoms with van der Waals surface area (Å²) in [6.07, 6.45) is 2.54. The van der Waals surface area contributed by atoms with Crippen LogP contribution >= 0.6 is 11.8 Å². The first-order valence-electron chi connectivity index (χ1n) is 7.64. The summed E-state index contributed by atoms with van der Waals surface area (Å²) < 4.78 is 0. The van der Waals surface area contributed by atoms with Crippen molar-refractivity contribution in [2.45, 2.75) is 25.4 Å². The summed E-state index contributed by atoms with van der Waals surface area (Å²) in [6, 6.07) is 8.47. The number of anilines is 1. The largest absolute Gasteiger partial charge is 0.371 e. The second-order valence-electron chi connectivity index (χ2n) is 5.79. The molecule has 2 aliphatic heterocycles. The number of hydrogen-bond acceptors (Lipinski definition) is 4. The van der Waals surface area contributed by atoms with Gasteiger partial charge in [0, 0.05) is 44.0 Å². The van der Waals surface area contributed by atoms with E-state index in [0.29, 0.717) is 6.54 Å². The van der Waals surface area contributed by atoms with Crippen molar-refractivity contribution in [2.75, 3.05) is 36.7 Å². The standard InChI is InChI=1S/C16H23N3OS/c1-18(16(20)14-11-21-12-17-14)10-13-6-2-3-7-15(13)19-8-4-5-9-19/h2-3,6-7,14,17H,4-5,8-12H2,1H3/t14-/m0/s1. The quantitative estimate of drug-likeness (QED) is 0.922. The van der Waals surface area contributed by atoms with Gasteiger partial charge in [0.05, 0.1) is 6.04 Å². The first-order valence-corrected chi connectivity index (χ1v) is 8.80. The molecule has 5 heteroatoms. The Bertz CT molecular complexity index is 496. The van der Waals surface area contributed by atoms with E-state index in [0.717, 1.165) is 24.7 Å².